The number of morpholine rings is 1. The molecule has 2 amide bonds. The average Bonchev–Trinajstić information content (AvgIpc) is 2.17. The van der Waals surface area contributed by atoms with E-state index in [9.17, 15) is 4.79 Å². The average molecular weight is 231 g/mol. The summed E-state index contributed by atoms with van der Waals surface area (Å²) < 4.78 is 5.70. The fourth-order valence-corrected chi connectivity index (χ4v) is 1.77. The van der Waals surface area contributed by atoms with E-state index in [-0.39, 0.29) is 6.03 Å². The minimum absolute atomic E-state index is 0.374. The van der Waals surface area contributed by atoms with Gasteiger partial charge in [0.15, 0.2) is 0 Å². The zero-order valence-electron chi connectivity index (χ0n) is 10.5. The highest BCUT2D eigenvalue weighted by Gasteiger charge is 2.25. The fourth-order valence-electron chi connectivity index (χ4n) is 1.77. The summed E-state index contributed by atoms with van der Waals surface area (Å²) >= 11 is 0. The highest BCUT2D eigenvalue weighted by atomic mass is 16.5. The number of carbonyl (C=O) groups is 1. The molecule has 0 saturated carbocycles. The molecule has 0 aromatic heterocycles. The van der Waals surface area contributed by atoms with Gasteiger partial charge in [0.05, 0.1) is 40.9 Å². The topological polar surface area (TPSA) is 58.8 Å². The van der Waals surface area contributed by atoms with Crippen LogP contribution in [0.15, 0.2) is 0 Å². The molecule has 0 aromatic rings. The van der Waals surface area contributed by atoms with Gasteiger partial charge in [-0.05, 0) is 0 Å². The van der Waals surface area contributed by atoms with Crippen molar-refractivity contribution >= 4 is 6.03 Å². The molecule has 0 spiro atoms. The minimum atomic E-state index is -0.374. The largest absolute Gasteiger partial charge is 0.379 e. The summed E-state index contributed by atoms with van der Waals surface area (Å²) in [6.07, 6.45) is 0. The first kappa shape index (κ1) is 13.2. The highest BCUT2D eigenvalue weighted by Crippen LogP contribution is 2.03. The van der Waals surface area contributed by atoms with Gasteiger partial charge in [-0.3, -0.25) is 4.90 Å². The number of rotatable bonds is 4. The summed E-state index contributed by atoms with van der Waals surface area (Å²) in [5.41, 5.74) is 5.37. The third kappa shape index (κ3) is 3.96. The number of primary amides is 1. The third-order valence-corrected chi connectivity index (χ3v) is 2.71. The Morgan fingerprint density at radius 1 is 1.38 bits per heavy atom. The molecule has 1 fully saturated rings. The normalized spacial score (nSPS) is 18.4. The van der Waals surface area contributed by atoms with Crippen molar-refractivity contribution in [1.82, 2.24) is 9.91 Å². The number of hydrogen-bond acceptors (Lipinski definition) is 3. The SMILES string of the molecule is C[N+](C)(C)N(CCN1CCOCC1)C(N)=O. The van der Waals surface area contributed by atoms with Crippen LogP contribution >= 0.6 is 0 Å². The Bertz CT molecular complexity index is 233. The van der Waals surface area contributed by atoms with Gasteiger partial charge in [0.25, 0.3) is 0 Å². The van der Waals surface area contributed by atoms with E-state index in [2.05, 4.69) is 4.90 Å². The fraction of sp³-hybridized carbons (Fsp3) is 0.900. The van der Waals surface area contributed by atoms with Gasteiger partial charge in [-0.2, -0.15) is 5.01 Å². The Hall–Kier alpha value is -0.850. The first-order chi connectivity index (χ1) is 7.41. The zero-order valence-corrected chi connectivity index (χ0v) is 10.5. The molecule has 1 aliphatic rings. The second-order valence-corrected chi connectivity index (χ2v) is 4.86. The van der Waals surface area contributed by atoms with Crippen LogP contribution in [0.25, 0.3) is 0 Å². The smallest absolute Gasteiger partial charge is 0.359 e. The first-order valence-corrected chi connectivity index (χ1v) is 5.60. The van der Waals surface area contributed by atoms with Crippen molar-refractivity contribution in [1.29, 1.82) is 0 Å². The number of ether oxygens (including phenoxy) is 1. The Balaban J connectivity index is 2.40. The van der Waals surface area contributed by atoms with Gasteiger partial charge >= 0.3 is 6.03 Å². The van der Waals surface area contributed by atoms with Gasteiger partial charge < -0.3 is 10.5 Å². The van der Waals surface area contributed by atoms with E-state index >= 15 is 0 Å². The molecule has 1 aliphatic heterocycles. The lowest BCUT2D eigenvalue weighted by atomic mass is 10.4. The third-order valence-electron chi connectivity index (χ3n) is 2.71. The lowest BCUT2D eigenvalue weighted by Crippen LogP contribution is -2.58. The van der Waals surface area contributed by atoms with Crippen LogP contribution in [0, 0.1) is 0 Å². The number of nitrogens with two attached hydrogens (primary N) is 1. The van der Waals surface area contributed by atoms with Crippen molar-refractivity contribution in [2.45, 2.75) is 0 Å². The quantitative estimate of drug-likeness (QED) is 0.515. The van der Waals surface area contributed by atoms with Crippen LogP contribution in [-0.2, 0) is 4.74 Å². The second kappa shape index (κ2) is 5.47. The van der Waals surface area contributed by atoms with Gasteiger partial charge in [0, 0.05) is 19.6 Å². The van der Waals surface area contributed by atoms with E-state index in [4.69, 9.17) is 10.5 Å². The number of nitrogens with zero attached hydrogens (tertiary/aromatic N) is 3. The summed E-state index contributed by atoms with van der Waals surface area (Å²) in [5.74, 6) is 0. The van der Waals surface area contributed by atoms with Crippen molar-refractivity contribution < 1.29 is 14.1 Å². The lowest BCUT2D eigenvalue weighted by molar-refractivity contribution is -0.973. The Morgan fingerprint density at radius 3 is 2.38 bits per heavy atom. The van der Waals surface area contributed by atoms with Crippen molar-refractivity contribution in [3.63, 3.8) is 0 Å². The maximum absolute atomic E-state index is 11.3. The lowest BCUT2D eigenvalue weighted by Gasteiger charge is -2.36. The van der Waals surface area contributed by atoms with Crippen LogP contribution in [0.4, 0.5) is 4.79 Å². The number of carbonyl (C=O) groups excluding carboxylic acids is 1. The van der Waals surface area contributed by atoms with E-state index in [0.29, 0.717) is 11.1 Å². The molecule has 0 atom stereocenters. The summed E-state index contributed by atoms with van der Waals surface area (Å²) in [6, 6.07) is -0.374. The molecule has 0 unspecified atom stereocenters. The molecule has 1 saturated heterocycles. The van der Waals surface area contributed by atoms with Gasteiger partial charge in [0.2, 0.25) is 0 Å². The molecule has 2 N–H and O–H groups in total. The summed E-state index contributed by atoms with van der Waals surface area (Å²) in [7, 11) is 5.80. The monoisotopic (exact) mass is 231 g/mol. The van der Waals surface area contributed by atoms with Gasteiger partial charge in [0.1, 0.15) is 0 Å². The number of amides is 2. The van der Waals surface area contributed by atoms with Gasteiger partial charge in [-0.25, -0.2) is 9.39 Å². The summed E-state index contributed by atoms with van der Waals surface area (Å²) in [4.78, 5) is 13.6. The van der Waals surface area contributed by atoms with Crippen LogP contribution in [0.1, 0.15) is 0 Å². The van der Waals surface area contributed by atoms with Crippen LogP contribution < -0.4 is 5.73 Å². The van der Waals surface area contributed by atoms with E-state index < -0.39 is 0 Å². The Morgan fingerprint density at radius 2 is 1.94 bits per heavy atom. The number of hydrogen-bond donors (Lipinski definition) is 1. The standard InChI is InChI=1S/C10H22N4O2/c1-14(2,3)13(10(11)15)5-4-12-6-8-16-9-7-12/h4-9H2,1-3H3,(H-,11,15)/p+1. The molecule has 6 nitrogen and oxygen atoms in total. The van der Waals surface area contributed by atoms with Crippen LogP contribution in [0.2, 0.25) is 0 Å². The molecule has 1 rings (SSSR count). The van der Waals surface area contributed by atoms with E-state index in [1.165, 1.54) is 0 Å². The molecular weight excluding hydrogens is 208 g/mol. The highest BCUT2D eigenvalue weighted by molar-refractivity contribution is 5.70. The van der Waals surface area contributed by atoms with E-state index in [0.717, 1.165) is 32.8 Å². The molecule has 0 aromatic carbocycles. The van der Waals surface area contributed by atoms with Crippen LogP contribution in [0.3, 0.4) is 0 Å². The van der Waals surface area contributed by atoms with Gasteiger partial charge in [-0.1, -0.05) is 0 Å². The molecular formula is C10H23N4O2+. The number of urea groups is 1. The molecule has 16 heavy (non-hydrogen) atoms. The molecule has 6 heteroatoms. The van der Waals surface area contributed by atoms with E-state index in [1.807, 2.05) is 21.1 Å². The van der Waals surface area contributed by atoms with Crippen LogP contribution in [0.5, 0.6) is 0 Å². The Kier molecular flexibility index (Phi) is 4.52. The maximum Gasteiger partial charge on any atom is 0.359 e. The van der Waals surface area contributed by atoms with Crippen molar-refractivity contribution in [2.75, 3.05) is 60.5 Å². The Labute approximate surface area is 97.1 Å². The predicted molar refractivity (Wildman–Crippen MR) is 61.6 cm³/mol. The summed E-state index contributed by atoms with van der Waals surface area (Å²) in [6.45, 7) is 4.93. The molecule has 94 valence electrons. The van der Waals surface area contributed by atoms with Crippen molar-refractivity contribution in [3.05, 3.63) is 0 Å². The zero-order chi connectivity index (χ0) is 12.2. The van der Waals surface area contributed by atoms with Crippen molar-refractivity contribution in [2.24, 2.45) is 5.73 Å². The second-order valence-electron chi connectivity index (χ2n) is 4.86. The molecule has 0 radical (unpaired) electrons. The van der Waals surface area contributed by atoms with E-state index in [1.54, 1.807) is 5.01 Å². The predicted octanol–water partition coefficient (Wildman–Crippen LogP) is -0.679. The first-order valence-electron chi connectivity index (χ1n) is 5.60. The summed E-state index contributed by atoms with van der Waals surface area (Å²) in [5, 5.41) is 1.65. The van der Waals surface area contributed by atoms with Gasteiger partial charge in [-0.15, -0.1) is 0 Å². The molecule has 0 bridgehead atoms. The maximum atomic E-state index is 11.3. The van der Waals surface area contributed by atoms with Crippen molar-refractivity contribution in [3.8, 4) is 0 Å². The minimum Gasteiger partial charge on any atom is -0.379 e. The van der Waals surface area contributed by atoms with Crippen LogP contribution in [-0.4, -0.2) is 81.1 Å². The molecule has 1 heterocycles. The molecule has 0 aliphatic carbocycles. The number of quaternary nitrogens is 1.